The van der Waals surface area contributed by atoms with Gasteiger partial charge in [0.2, 0.25) is 23.6 Å². The molecule has 0 saturated carbocycles. The maximum atomic E-state index is 13.9. The molecule has 1 aliphatic heterocycles. The lowest BCUT2D eigenvalue weighted by molar-refractivity contribution is -0.148. The van der Waals surface area contributed by atoms with E-state index in [1.165, 1.54) is 4.90 Å². The van der Waals surface area contributed by atoms with Crippen LogP contribution in [0.2, 0.25) is 0 Å². The molecule has 1 aliphatic rings. The Morgan fingerprint density at radius 2 is 1.40 bits per heavy atom. The highest BCUT2D eigenvalue weighted by Crippen LogP contribution is 2.21. The molecule has 274 valence electrons. The molecular weight excluding hydrogens is 638 g/mol. The number of nitrogens with one attached hydrogen (secondary N) is 3. The first-order valence-corrected chi connectivity index (χ1v) is 17.5. The van der Waals surface area contributed by atoms with Gasteiger partial charge in [0.25, 0.3) is 0 Å². The van der Waals surface area contributed by atoms with E-state index in [0.29, 0.717) is 37.9 Å². The highest BCUT2D eigenvalue weighted by Gasteiger charge is 2.40. The van der Waals surface area contributed by atoms with Crippen LogP contribution in [-0.4, -0.2) is 82.9 Å². The third-order valence-corrected chi connectivity index (χ3v) is 9.15. The largest absolute Gasteiger partial charge is 0.480 e. The van der Waals surface area contributed by atoms with Crippen LogP contribution in [0.3, 0.4) is 0 Å². The number of carbonyl (C=O) groups excluding carboxylic acids is 4. The summed E-state index contributed by atoms with van der Waals surface area (Å²) in [6.07, 6.45) is 2.65. The van der Waals surface area contributed by atoms with Gasteiger partial charge in [-0.25, -0.2) is 0 Å². The quantitative estimate of drug-likeness (QED) is 0.0891. The maximum absolute atomic E-state index is 13.9. The molecule has 0 spiro atoms. The van der Waals surface area contributed by atoms with Gasteiger partial charge in [0.05, 0.1) is 0 Å². The molecule has 0 bridgehead atoms. The number of carbonyl (C=O) groups is 5. The lowest BCUT2D eigenvalue weighted by atomic mass is 9.88. The Labute approximate surface area is 295 Å². The van der Waals surface area contributed by atoms with Gasteiger partial charge in [-0.2, -0.15) is 0 Å². The predicted molar refractivity (Wildman–Crippen MR) is 192 cm³/mol. The van der Waals surface area contributed by atoms with Crippen molar-refractivity contribution in [3.8, 4) is 0 Å². The van der Waals surface area contributed by atoms with E-state index < -0.39 is 47.4 Å². The number of hydrogen-bond donors (Lipinski definition) is 7. The highest BCUT2D eigenvalue weighted by atomic mass is 16.4. The maximum Gasteiger partial charge on any atom is 0.323 e. The smallest absolute Gasteiger partial charge is 0.323 e. The average molecular weight is 694 g/mol. The van der Waals surface area contributed by atoms with Crippen molar-refractivity contribution in [2.24, 2.45) is 23.3 Å². The van der Waals surface area contributed by atoms with Gasteiger partial charge < -0.3 is 43.2 Å². The average Bonchev–Trinajstić information content (AvgIpc) is 3.07. The molecule has 13 nitrogen and oxygen atoms in total. The number of benzene rings is 2. The molecule has 2 aromatic rings. The van der Waals surface area contributed by atoms with Crippen LogP contribution >= 0.6 is 0 Å². The lowest BCUT2D eigenvalue weighted by Gasteiger charge is -2.38. The fraction of sp³-hybridized carbons (Fsp3) is 0.541. The number of nitrogens with zero attached hydrogens (tertiary/aromatic N) is 1. The molecule has 4 amide bonds. The number of hydrogen-bond acceptors (Lipinski definition) is 8. The van der Waals surface area contributed by atoms with Crippen molar-refractivity contribution in [3.63, 3.8) is 0 Å². The van der Waals surface area contributed by atoms with Gasteiger partial charge >= 0.3 is 5.97 Å². The summed E-state index contributed by atoms with van der Waals surface area (Å²) < 4.78 is 0. The van der Waals surface area contributed by atoms with E-state index in [4.69, 9.17) is 17.2 Å². The van der Waals surface area contributed by atoms with Crippen molar-refractivity contribution >= 4 is 35.3 Å². The van der Waals surface area contributed by atoms with Crippen LogP contribution in [0, 0.1) is 11.8 Å². The monoisotopic (exact) mass is 693 g/mol. The summed E-state index contributed by atoms with van der Waals surface area (Å²) in [7, 11) is 0. The minimum atomic E-state index is -1.40. The minimum absolute atomic E-state index is 0.00808. The van der Waals surface area contributed by atoms with E-state index in [9.17, 15) is 29.1 Å². The van der Waals surface area contributed by atoms with E-state index >= 15 is 0 Å². The van der Waals surface area contributed by atoms with Gasteiger partial charge in [0, 0.05) is 31.1 Å². The van der Waals surface area contributed by atoms with Crippen LogP contribution in [0.5, 0.6) is 0 Å². The van der Waals surface area contributed by atoms with Crippen molar-refractivity contribution in [3.05, 3.63) is 65.7 Å². The molecule has 4 unspecified atom stereocenters. The second-order valence-corrected chi connectivity index (χ2v) is 13.9. The van der Waals surface area contributed by atoms with Crippen LogP contribution in [0.1, 0.15) is 70.4 Å². The van der Waals surface area contributed by atoms with Crippen molar-refractivity contribution in [2.75, 3.05) is 25.4 Å². The van der Waals surface area contributed by atoms with Gasteiger partial charge in [0.1, 0.15) is 23.7 Å². The zero-order valence-corrected chi connectivity index (χ0v) is 29.5. The van der Waals surface area contributed by atoms with Gasteiger partial charge in [-0.15, -0.1) is 0 Å². The lowest BCUT2D eigenvalue weighted by Crippen LogP contribution is -2.60. The van der Waals surface area contributed by atoms with Crippen LogP contribution in [0.4, 0.5) is 5.69 Å². The summed E-state index contributed by atoms with van der Waals surface area (Å²) in [5.74, 6) is -3.25. The first kappa shape index (κ1) is 39.9. The Morgan fingerprint density at radius 3 is 2.00 bits per heavy atom. The first-order valence-electron chi connectivity index (χ1n) is 17.5. The SMILES string of the molecule is CC(C)CC(NC(=O)C(Cc1ccccc1)NC(=O)C(C)Cc1cccc(N)c1)C(=O)NC(CCCCN)C(=O)N1CCC(N)(C(=O)O)CC1. The fourth-order valence-corrected chi connectivity index (χ4v) is 6.10. The summed E-state index contributed by atoms with van der Waals surface area (Å²) in [5.41, 5.74) is 18.6. The third kappa shape index (κ3) is 12.1. The number of nitrogen functional groups attached to an aromatic ring is 1. The number of aliphatic carboxylic acids is 1. The van der Waals surface area contributed by atoms with Crippen LogP contribution in [-0.2, 0) is 36.8 Å². The first-order chi connectivity index (χ1) is 23.7. The zero-order chi connectivity index (χ0) is 36.8. The highest BCUT2D eigenvalue weighted by molar-refractivity contribution is 5.94. The van der Waals surface area contributed by atoms with Crippen LogP contribution in [0.25, 0.3) is 0 Å². The van der Waals surface area contributed by atoms with E-state index in [1.54, 1.807) is 13.0 Å². The minimum Gasteiger partial charge on any atom is -0.480 e. The summed E-state index contributed by atoms with van der Waals surface area (Å²) in [6.45, 7) is 6.34. The number of rotatable bonds is 18. The normalized spacial score (nSPS) is 16.5. The van der Waals surface area contributed by atoms with Gasteiger partial charge in [-0.1, -0.05) is 63.2 Å². The summed E-state index contributed by atoms with van der Waals surface area (Å²) in [6, 6.07) is 13.7. The Morgan fingerprint density at radius 1 is 0.800 bits per heavy atom. The van der Waals surface area contributed by atoms with Crippen molar-refractivity contribution in [1.29, 1.82) is 0 Å². The number of carboxylic acid groups (broad SMARTS) is 1. The van der Waals surface area contributed by atoms with Gasteiger partial charge in [-0.3, -0.25) is 24.0 Å². The van der Waals surface area contributed by atoms with Gasteiger partial charge in [0.15, 0.2) is 0 Å². The zero-order valence-electron chi connectivity index (χ0n) is 29.5. The molecule has 4 atom stereocenters. The number of likely N-dealkylation sites (tertiary alicyclic amines) is 1. The topological polar surface area (TPSA) is 223 Å². The fourth-order valence-electron chi connectivity index (χ4n) is 6.10. The molecule has 0 radical (unpaired) electrons. The molecule has 10 N–H and O–H groups in total. The van der Waals surface area contributed by atoms with Crippen LogP contribution in [0.15, 0.2) is 54.6 Å². The van der Waals surface area contributed by atoms with E-state index in [2.05, 4.69) is 16.0 Å². The molecule has 0 aromatic heterocycles. The number of anilines is 1. The molecule has 50 heavy (non-hydrogen) atoms. The Hall–Kier alpha value is -4.49. The molecule has 0 aliphatic carbocycles. The van der Waals surface area contributed by atoms with Crippen molar-refractivity contribution < 1.29 is 29.1 Å². The second-order valence-electron chi connectivity index (χ2n) is 13.9. The number of nitrogens with two attached hydrogens (primary N) is 3. The summed E-state index contributed by atoms with van der Waals surface area (Å²) in [4.78, 5) is 68.0. The molecule has 1 fully saturated rings. The molecule has 13 heteroatoms. The molecule has 1 saturated heterocycles. The molecule has 1 heterocycles. The number of unbranched alkanes of at least 4 members (excludes halogenated alkanes) is 1. The second kappa shape index (κ2) is 19.0. The summed E-state index contributed by atoms with van der Waals surface area (Å²) in [5, 5.41) is 18.2. The van der Waals surface area contributed by atoms with Gasteiger partial charge in [-0.05, 0) is 80.7 Å². The Bertz CT molecular complexity index is 1440. The number of carboxylic acids is 1. The van der Waals surface area contributed by atoms with E-state index in [-0.39, 0.29) is 56.5 Å². The number of amides is 4. The third-order valence-electron chi connectivity index (χ3n) is 9.15. The van der Waals surface area contributed by atoms with Crippen LogP contribution < -0.4 is 33.2 Å². The van der Waals surface area contributed by atoms with Crippen molar-refractivity contribution in [2.45, 2.75) is 95.8 Å². The predicted octanol–water partition coefficient (Wildman–Crippen LogP) is 1.72. The number of piperidine rings is 1. The molecule has 2 aromatic carbocycles. The van der Waals surface area contributed by atoms with E-state index in [1.807, 2.05) is 62.4 Å². The Kier molecular flexibility index (Phi) is 15.2. The molecular formula is C37H55N7O6. The van der Waals surface area contributed by atoms with Crippen molar-refractivity contribution in [1.82, 2.24) is 20.9 Å². The summed E-state index contributed by atoms with van der Waals surface area (Å²) >= 11 is 0. The Balaban J connectivity index is 1.77. The standard InChI is InChI=1S/C37H55N7O6/c1-24(2)20-30(33(46)41-29(14-7-8-17-38)35(48)44-18-15-37(40,16-19-44)36(49)50)43-34(47)31(23-26-10-5-4-6-11-26)42-32(45)25(3)21-27-12-9-13-28(39)22-27/h4-6,9-13,22,24-25,29-31H,7-8,14-21,23,38-40H2,1-3H3,(H,41,46)(H,42,45)(H,43,47)(H,49,50). The van der Waals surface area contributed by atoms with E-state index in [0.717, 1.165) is 11.1 Å². The molecule has 3 rings (SSSR count).